The van der Waals surface area contributed by atoms with Crippen LogP contribution in [0.1, 0.15) is 30.3 Å². The summed E-state index contributed by atoms with van der Waals surface area (Å²) in [5, 5.41) is 2.86. The molecule has 1 aliphatic heterocycles. The van der Waals surface area contributed by atoms with Gasteiger partial charge in [-0.15, -0.1) is 0 Å². The number of nitrogens with one attached hydrogen (secondary N) is 1. The molecule has 24 heavy (non-hydrogen) atoms. The molecule has 1 unspecified atom stereocenters. The number of furan rings is 1. The molecule has 6 heteroatoms. The number of nitrogens with zero attached hydrogens (tertiary/aromatic N) is 1. The Morgan fingerprint density at radius 1 is 1.29 bits per heavy atom. The van der Waals surface area contributed by atoms with Crippen molar-refractivity contribution in [1.82, 2.24) is 4.90 Å². The molecular weight excluding hydrogens is 308 g/mol. The van der Waals surface area contributed by atoms with Crippen molar-refractivity contribution in [2.45, 2.75) is 25.8 Å². The second kappa shape index (κ2) is 7.21. The molecule has 1 aliphatic rings. The van der Waals surface area contributed by atoms with Gasteiger partial charge in [-0.2, -0.15) is 0 Å². The van der Waals surface area contributed by atoms with Gasteiger partial charge in [0.05, 0.1) is 12.9 Å². The molecule has 1 fully saturated rings. The van der Waals surface area contributed by atoms with Gasteiger partial charge in [-0.3, -0.25) is 9.59 Å². The first-order valence-electron chi connectivity index (χ1n) is 8.07. The van der Waals surface area contributed by atoms with Crippen LogP contribution in [-0.4, -0.2) is 35.9 Å². The number of benzene rings is 1. The molecule has 2 aromatic rings. The third-order valence-corrected chi connectivity index (χ3v) is 3.98. The SMILES string of the molecule is CCOc1ccc(NC(=O)C2CCCN2C(=O)c2ccco2)cc1. The Balaban J connectivity index is 1.66. The molecule has 6 nitrogen and oxygen atoms in total. The number of ether oxygens (including phenoxy) is 1. The maximum atomic E-state index is 12.5. The van der Waals surface area contributed by atoms with Gasteiger partial charge in [0.15, 0.2) is 5.76 Å². The average Bonchev–Trinajstić information content (AvgIpc) is 3.28. The Bertz CT molecular complexity index is 694. The fourth-order valence-electron chi connectivity index (χ4n) is 2.85. The molecule has 0 bridgehead atoms. The van der Waals surface area contributed by atoms with Crippen LogP contribution in [0.4, 0.5) is 5.69 Å². The zero-order valence-corrected chi connectivity index (χ0v) is 13.5. The van der Waals surface area contributed by atoms with Crippen LogP contribution < -0.4 is 10.1 Å². The fourth-order valence-corrected chi connectivity index (χ4v) is 2.85. The quantitative estimate of drug-likeness (QED) is 0.916. The molecule has 0 radical (unpaired) electrons. The summed E-state index contributed by atoms with van der Waals surface area (Å²) in [6.45, 7) is 3.07. The fraction of sp³-hybridized carbons (Fsp3) is 0.333. The minimum Gasteiger partial charge on any atom is -0.494 e. The summed E-state index contributed by atoms with van der Waals surface area (Å²) in [5.41, 5.74) is 0.681. The van der Waals surface area contributed by atoms with Crippen molar-refractivity contribution in [1.29, 1.82) is 0 Å². The van der Waals surface area contributed by atoms with Gasteiger partial charge in [0.25, 0.3) is 5.91 Å². The van der Waals surface area contributed by atoms with E-state index >= 15 is 0 Å². The van der Waals surface area contributed by atoms with E-state index in [9.17, 15) is 9.59 Å². The van der Waals surface area contributed by atoms with E-state index in [2.05, 4.69) is 5.32 Å². The Morgan fingerprint density at radius 3 is 2.75 bits per heavy atom. The molecule has 1 atom stereocenters. The van der Waals surface area contributed by atoms with Crippen LogP contribution in [0.15, 0.2) is 47.1 Å². The Kier molecular flexibility index (Phi) is 4.84. The van der Waals surface area contributed by atoms with Crippen molar-refractivity contribution < 1.29 is 18.7 Å². The van der Waals surface area contributed by atoms with Crippen LogP contribution in [0.2, 0.25) is 0 Å². The molecule has 1 N–H and O–H groups in total. The topological polar surface area (TPSA) is 71.8 Å². The molecule has 1 aromatic heterocycles. The molecule has 0 spiro atoms. The highest BCUT2D eigenvalue weighted by Gasteiger charge is 2.35. The average molecular weight is 328 g/mol. The van der Waals surface area contributed by atoms with E-state index in [1.807, 2.05) is 6.92 Å². The lowest BCUT2D eigenvalue weighted by Crippen LogP contribution is -2.43. The first-order valence-corrected chi connectivity index (χ1v) is 8.07. The second-order valence-electron chi connectivity index (χ2n) is 5.58. The van der Waals surface area contributed by atoms with Crippen LogP contribution in [0.25, 0.3) is 0 Å². The maximum absolute atomic E-state index is 12.5. The molecule has 2 heterocycles. The smallest absolute Gasteiger partial charge is 0.290 e. The lowest BCUT2D eigenvalue weighted by molar-refractivity contribution is -0.119. The number of carbonyl (C=O) groups is 2. The van der Waals surface area contributed by atoms with E-state index in [0.29, 0.717) is 25.3 Å². The van der Waals surface area contributed by atoms with E-state index in [1.54, 1.807) is 41.3 Å². The summed E-state index contributed by atoms with van der Waals surface area (Å²) in [4.78, 5) is 26.5. The normalized spacial score (nSPS) is 16.9. The summed E-state index contributed by atoms with van der Waals surface area (Å²) < 4.78 is 10.5. The van der Waals surface area contributed by atoms with E-state index in [0.717, 1.165) is 12.2 Å². The minimum atomic E-state index is -0.478. The zero-order valence-electron chi connectivity index (χ0n) is 13.5. The predicted molar refractivity (Wildman–Crippen MR) is 89.0 cm³/mol. The molecule has 0 aliphatic carbocycles. The van der Waals surface area contributed by atoms with Crippen LogP contribution in [-0.2, 0) is 4.79 Å². The minimum absolute atomic E-state index is 0.184. The van der Waals surface area contributed by atoms with Crippen molar-refractivity contribution in [2.24, 2.45) is 0 Å². The summed E-state index contributed by atoms with van der Waals surface area (Å²) in [6, 6.07) is 9.99. The lowest BCUT2D eigenvalue weighted by atomic mass is 10.2. The highest BCUT2D eigenvalue weighted by Crippen LogP contribution is 2.23. The van der Waals surface area contributed by atoms with Crippen molar-refractivity contribution >= 4 is 17.5 Å². The van der Waals surface area contributed by atoms with Crippen molar-refractivity contribution in [2.75, 3.05) is 18.5 Å². The summed E-state index contributed by atoms with van der Waals surface area (Å²) >= 11 is 0. The van der Waals surface area contributed by atoms with Gasteiger partial charge in [-0.1, -0.05) is 0 Å². The van der Waals surface area contributed by atoms with E-state index in [1.165, 1.54) is 6.26 Å². The Morgan fingerprint density at radius 2 is 2.08 bits per heavy atom. The second-order valence-corrected chi connectivity index (χ2v) is 5.58. The number of carbonyl (C=O) groups excluding carboxylic acids is 2. The van der Waals surface area contributed by atoms with E-state index in [-0.39, 0.29) is 17.6 Å². The number of hydrogen-bond acceptors (Lipinski definition) is 4. The molecule has 3 rings (SSSR count). The van der Waals surface area contributed by atoms with Gasteiger partial charge in [0, 0.05) is 12.2 Å². The summed E-state index contributed by atoms with van der Waals surface area (Å²) in [6.07, 6.45) is 2.90. The third kappa shape index (κ3) is 3.42. The van der Waals surface area contributed by atoms with Gasteiger partial charge in [0.2, 0.25) is 5.91 Å². The van der Waals surface area contributed by atoms with Gasteiger partial charge >= 0.3 is 0 Å². The largest absolute Gasteiger partial charge is 0.494 e. The van der Waals surface area contributed by atoms with E-state index in [4.69, 9.17) is 9.15 Å². The number of rotatable bonds is 5. The number of hydrogen-bond donors (Lipinski definition) is 1. The van der Waals surface area contributed by atoms with Crippen molar-refractivity contribution in [3.63, 3.8) is 0 Å². The first kappa shape index (κ1) is 16.1. The maximum Gasteiger partial charge on any atom is 0.290 e. The standard InChI is InChI=1S/C18H20N2O4/c1-2-23-14-9-7-13(8-10-14)19-17(21)15-5-3-11-20(15)18(22)16-6-4-12-24-16/h4,6-10,12,15H,2-3,5,11H2,1H3,(H,19,21). The van der Waals surface area contributed by atoms with Gasteiger partial charge < -0.3 is 19.4 Å². The number of anilines is 1. The first-order chi connectivity index (χ1) is 11.7. The van der Waals surface area contributed by atoms with Crippen molar-refractivity contribution in [3.05, 3.63) is 48.4 Å². The number of amides is 2. The molecule has 2 amide bonds. The highest BCUT2D eigenvalue weighted by atomic mass is 16.5. The predicted octanol–water partition coefficient (Wildman–Crippen LogP) is 2.92. The van der Waals surface area contributed by atoms with E-state index < -0.39 is 6.04 Å². The summed E-state index contributed by atoms with van der Waals surface area (Å²) in [7, 11) is 0. The zero-order chi connectivity index (χ0) is 16.9. The molecule has 0 saturated carbocycles. The number of likely N-dealkylation sites (tertiary alicyclic amines) is 1. The monoisotopic (exact) mass is 328 g/mol. The van der Waals surface area contributed by atoms with Crippen molar-refractivity contribution in [3.8, 4) is 5.75 Å². The van der Waals surface area contributed by atoms with Gasteiger partial charge in [0.1, 0.15) is 11.8 Å². The Labute approximate surface area is 140 Å². The molecule has 1 aromatic carbocycles. The molecular formula is C18H20N2O4. The lowest BCUT2D eigenvalue weighted by Gasteiger charge is -2.23. The van der Waals surface area contributed by atoms with Crippen LogP contribution in [0.5, 0.6) is 5.75 Å². The molecule has 1 saturated heterocycles. The van der Waals surface area contributed by atoms with Crippen LogP contribution in [0, 0.1) is 0 Å². The van der Waals surface area contributed by atoms with Crippen LogP contribution >= 0.6 is 0 Å². The van der Waals surface area contributed by atoms with Gasteiger partial charge in [-0.25, -0.2) is 0 Å². The third-order valence-electron chi connectivity index (χ3n) is 3.98. The Hall–Kier alpha value is -2.76. The van der Waals surface area contributed by atoms with Crippen LogP contribution in [0.3, 0.4) is 0 Å². The molecule has 126 valence electrons. The van der Waals surface area contributed by atoms with Gasteiger partial charge in [-0.05, 0) is 56.2 Å². The summed E-state index contributed by atoms with van der Waals surface area (Å²) in [5.74, 6) is 0.586. The highest BCUT2D eigenvalue weighted by molar-refractivity contribution is 6.00.